The molecular formula is C15H12N4O2S. The molecule has 0 spiro atoms. The Labute approximate surface area is 130 Å². The van der Waals surface area contributed by atoms with Gasteiger partial charge in [-0.05, 0) is 48.1 Å². The lowest BCUT2D eigenvalue weighted by Crippen LogP contribution is -2.17. The molecule has 6 nitrogen and oxygen atoms in total. The molecule has 0 aliphatic carbocycles. The molecule has 0 aliphatic heterocycles. The highest BCUT2D eigenvalue weighted by Crippen LogP contribution is 2.12. The molecule has 0 saturated carbocycles. The maximum absolute atomic E-state index is 12.0. The summed E-state index contributed by atoms with van der Waals surface area (Å²) in [6, 6.07) is 11.7. The van der Waals surface area contributed by atoms with Crippen LogP contribution in [0.15, 0.2) is 47.6 Å². The van der Waals surface area contributed by atoms with Crippen molar-refractivity contribution in [2.75, 3.05) is 0 Å². The fraction of sp³-hybridized carbons (Fsp3) is 0. The number of nitrogens with zero attached hydrogens (tertiary/aromatic N) is 1. The molecule has 4 N–H and O–H groups in total. The lowest BCUT2D eigenvalue weighted by atomic mass is 10.2. The van der Waals surface area contributed by atoms with Gasteiger partial charge in [0.15, 0.2) is 4.77 Å². The summed E-state index contributed by atoms with van der Waals surface area (Å²) in [6.07, 6.45) is 1.46. The predicted molar refractivity (Wildman–Crippen MR) is 86.7 cm³/mol. The molecule has 0 unspecified atom stereocenters. The van der Waals surface area contributed by atoms with Crippen molar-refractivity contribution >= 4 is 35.4 Å². The second-order valence-corrected chi connectivity index (χ2v) is 5.04. The van der Waals surface area contributed by atoms with Gasteiger partial charge < -0.3 is 15.1 Å². The zero-order valence-corrected chi connectivity index (χ0v) is 12.1. The molecule has 1 amide bonds. The average Bonchev–Trinajstić information content (AvgIpc) is 2.86. The zero-order valence-electron chi connectivity index (χ0n) is 11.3. The van der Waals surface area contributed by atoms with Gasteiger partial charge >= 0.3 is 0 Å². The first-order valence-electron chi connectivity index (χ1n) is 6.46. The summed E-state index contributed by atoms with van der Waals surface area (Å²) < 4.78 is 0.509. The van der Waals surface area contributed by atoms with E-state index in [1.807, 2.05) is 0 Å². The minimum absolute atomic E-state index is 0.142. The molecule has 1 heterocycles. The van der Waals surface area contributed by atoms with E-state index in [2.05, 4.69) is 20.5 Å². The smallest absolute Gasteiger partial charge is 0.271 e. The third-order valence-corrected chi connectivity index (χ3v) is 3.23. The molecule has 3 rings (SSSR count). The normalized spacial score (nSPS) is 11.1. The average molecular weight is 312 g/mol. The van der Waals surface area contributed by atoms with Crippen molar-refractivity contribution in [3.63, 3.8) is 0 Å². The number of imidazole rings is 1. The van der Waals surface area contributed by atoms with Crippen molar-refractivity contribution in [3.8, 4) is 5.75 Å². The fourth-order valence-electron chi connectivity index (χ4n) is 2.01. The van der Waals surface area contributed by atoms with Gasteiger partial charge in [-0.25, -0.2) is 5.43 Å². The van der Waals surface area contributed by atoms with Crippen LogP contribution in [0.2, 0.25) is 0 Å². The summed E-state index contributed by atoms with van der Waals surface area (Å²) in [6.45, 7) is 0. The number of fused-ring (bicyclic) bond motifs is 1. The van der Waals surface area contributed by atoms with Gasteiger partial charge in [-0.2, -0.15) is 5.10 Å². The maximum Gasteiger partial charge on any atom is 0.271 e. The fourth-order valence-corrected chi connectivity index (χ4v) is 2.23. The molecule has 7 heteroatoms. The second kappa shape index (κ2) is 5.82. The number of nitrogens with one attached hydrogen (secondary N) is 3. The minimum Gasteiger partial charge on any atom is -0.508 e. The van der Waals surface area contributed by atoms with Gasteiger partial charge in [-0.1, -0.05) is 12.1 Å². The third-order valence-electron chi connectivity index (χ3n) is 3.03. The van der Waals surface area contributed by atoms with Crippen molar-refractivity contribution < 1.29 is 9.90 Å². The standard InChI is InChI=1S/C15H12N4O2S/c20-11-3-1-2-9(6-11)8-16-19-14(21)10-4-5-12-13(7-10)18-15(22)17-12/h1-8,20H,(H,19,21)(H2,17,18,22)/b16-8-. The molecule has 0 saturated heterocycles. The molecule has 22 heavy (non-hydrogen) atoms. The highest BCUT2D eigenvalue weighted by atomic mass is 32.1. The number of hydrogen-bond donors (Lipinski definition) is 4. The summed E-state index contributed by atoms with van der Waals surface area (Å²) in [5.74, 6) is -0.192. The second-order valence-electron chi connectivity index (χ2n) is 4.63. The van der Waals surface area contributed by atoms with Crippen LogP contribution in [0.25, 0.3) is 11.0 Å². The van der Waals surface area contributed by atoms with E-state index in [-0.39, 0.29) is 11.7 Å². The number of aromatic amines is 2. The molecule has 0 radical (unpaired) electrons. The summed E-state index contributed by atoms with van der Waals surface area (Å²) in [5.41, 5.74) is 5.18. The van der Waals surface area contributed by atoms with E-state index >= 15 is 0 Å². The van der Waals surface area contributed by atoms with Gasteiger partial charge in [-0.15, -0.1) is 0 Å². The van der Waals surface area contributed by atoms with Crippen LogP contribution in [0, 0.1) is 4.77 Å². The molecule has 0 atom stereocenters. The van der Waals surface area contributed by atoms with Gasteiger partial charge in [0.05, 0.1) is 17.2 Å². The maximum atomic E-state index is 12.0. The quantitative estimate of drug-likeness (QED) is 0.340. The highest BCUT2D eigenvalue weighted by Gasteiger charge is 2.06. The summed E-state index contributed by atoms with van der Waals surface area (Å²) >= 11 is 5.00. The minimum atomic E-state index is -0.334. The van der Waals surface area contributed by atoms with Crippen LogP contribution < -0.4 is 5.43 Å². The molecule has 0 fully saturated rings. The van der Waals surface area contributed by atoms with Crippen molar-refractivity contribution in [1.29, 1.82) is 0 Å². The number of hydrazone groups is 1. The first kappa shape index (κ1) is 14.0. The molecule has 1 aromatic heterocycles. The van der Waals surface area contributed by atoms with Crippen molar-refractivity contribution in [2.45, 2.75) is 0 Å². The SMILES string of the molecule is O=C(N/N=C\c1cccc(O)c1)c1ccc2[nH]c(=S)[nH]c2c1. The monoisotopic (exact) mass is 312 g/mol. The number of phenolic OH excluding ortho intramolecular Hbond substituents is 1. The summed E-state index contributed by atoms with van der Waals surface area (Å²) in [7, 11) is 0. The third kappa shape index (κ3) is 3.04. The molecule has 2 aromatic carbocycles. The van der Waals surface area contributed by atoms with Crippen LogP contribution in [0.3, 0.4) is 0 Å². The number of amides is 1. The van der Waals surface area contributed by atoms with Gasteiger partial charge in [0.1, 0.15) is 5.75 Å². The predicted octanol–water partition coefficient (Wildman–Crippen LogP) is 2.69. The van der Waals surface area contributed by atoms with Gasteiger partial charge in [0.25, 0.3) is 5.91 Å². The molecular weight excluding hydrogens is 300 g/mol. The van der Waals surface area contributed by atoms with Gasteiger partial charge in [0.2, 0.25) is 0 Å². The van der Waals surface area contributed by atoms with Crippen molar-refractivity contribution in [1.82, 2.24) is 15.4 Å². The Hall–Kier alpha value is -2.93. The van der Waals surface area contributed by atoms with Crippen LogP contribution in [0.5, 0.6) is 5.75 Å². The van der Waals surface area contributed by atoms with Crippen molar-refractivity contribution in [3.05, 3.63) is 58.4 Å². The van der Waals surface area contributed by atoms with Crippen LogP contribution in [0.1, 0.15) is 15.9 Å². The lowest BCUT2D eigenvalue weighted by molar-refractivity contribution is 0.0955. The Balaban J connectivity index is 1.74. The van der Waals surface area contributed by atoms with Crippen LogP contribution >= 0.6 is 12.2 Å². The number of carbonyl (C=O) groups is 1. The number of aromatic hydroxyl groups is 1. The Morgan fingerprint density at radius 2 is 2.00 bits per heavy atom. The number of carbonyl (C=O) groups excluding carboxylic acids is 1. The van der Waals surface area contributed by atoms with E-state index in [1.165, 1.54) is 6.21 Å². The van der Waals surface area contributed by atoms with E-state index in [0.717, 1.165) is 11.0 Å². The number of rotatable bonds is 3. The first-order chi connectivity index (χ1) is 10.6. The Morgan fingerprint density at radius 1 is 1.18 bits per heavy atom. The van der Waals surface area contributed by atoms with E-state index in [4.69, 9.17) is 12.2 Å². The Kier molecular flexibility index (Phi) is 3.71. The number of hydrogen-bond acceptors (Lipinski definition) is 4. The molecule has 3 aromatic rings. The number of benzene rings is 2. The van der Waals surface area contributed by atoms with Crippen LogP contribution in [-0.2, 0) is 0 Å². The highest BCUT2D eigenvalue weighted by molar-refractivity contribution is 7.71. The molecule has 0 aliphatic rings. The largest absolute Gasteiger partial charge is 0.508 e. The summed E-state index contributed by atoms with van der Waals surface area (Å²) in [4.78, 5) is 18.0. The Bertz CT molecular complexity index is 926. The van der Waals surface area contributed by atoms with E-state index in [0.29, 0.717) is 15.9 Å². The first-order valence-corrected chi connectivity index (χ1v) is 6.87. The molecule has 0 bridgehead atoms. The molecule has 110 valence electrons. The van der Waals surface area contributed by atoms with Gasteiger partial charge in [0, 0.05) is 5.56 Å². The van der Waals surface area contributed by atoms with Crippen LogP contribution in [0.4, 0.5) is 0 Å². The number of phenols is 1. The summed E-state index contributed by atoms with van der Waals surface area (Å²) in [5, 5.41) is 13.2. The van der Waals surface area contributed by atoms with Crippen LogP contribution in [-0.4, -0.2) is 27.2 Å². The van der Waals surface area contributed by atoms with E-state index in [1.54, 1.807) is 42.5 Å². The van der Waals surface area contributed by atoms with E-state index in [9.17, 15) is 9.90 Å². The zero-order chi connectivity index (χ0) is 15.5. The Morgan fingerprint density at radius 3 is 2.82 bits per heavy atom. The van der Waals surface area contributed by atoms with Gasteiger partial charge in [-0.3, -0.25) is 4.79 Å². The number of aromatic nitrogens is 2. The van der Waals surface area contributed by atoms with Crippen molar-refractivity contribution in [2.24, 2.45) is 5.10 Å². The topological polar surface area (TPSA) is 93.3 Å². The lowest BCUT2D eigenvalue weighted by Gasteiger charge is -2.00. The van der Waals surface area contributed by atoms with E-state index < -0.39 is 0 Å². The number of H-pyrrole nitrogens is 2.